The molecule has 130 valence electrons. The maximum atomic E-state index is 11.8. The lowest BCUT2D eigenvalue weighted by Gasteiger charge is -2.14. The van der Waals surface area contributed by atoms with Crippen LogP contribution in [-0.4, -0.2) is 40.1 Å². The number of carbonyl (C=O) groups excluding carboxylic acids is 1. The van der Waals surface area contributed by atoms with Crippen molar-refractivity contribution < 1.29 is 9.53 Å². The Hall–Kier alpha value is -2.02. The van der Waals surface area contributed by atoms with Gasteiger partial charge in [-0.15, -0.1) is 10.2 Å². The maximum absolute atomic E-state index is 11.8. The fraction of sp³-hybridized carbons (Fsp3) is 0.471. The molecule has 2 rings (SSSR count). The zero-order valence-corrected chi connectivity index (χ0v) is 15.4. The topological polar surface area (TPSA) is 69.0 Å². The molecule has 0 atom stereocenters. The van der Waals surface area contributed by atoms with Gasteiger partial charge in [0.25, 0.3) is 0 Å². The third kappa shape index (κ3) is 4.50. The molecule has 0 bridgehead atoms. The van der Waals surface area contributed by atoms with Crippen molar-refractivity contribution in [3.05, 3.63) is 24.3 Å². The third-order valence-electron chi connectivity index (χ3n) is 3.43. The van der Waals surface area contributed by atoms with Gasteiger partial charge in [0.2, 0.25) is 5.91 Å². The molecule has 7 heteroatoms. The van der Waals surface area contributed by atoms with Gasteiger partial charge < -0.3 is 10.1 Å². The summed E-state index contributed by atoms with van der Waals surface area (Å²) in [6, 6.07) is 7.92. The first-order valence-corrected chi connectivity index (χ1v) is 9.04. The minimum atomic E-state index is 0.0196. The van der Waals surface area contributed by atoms with Crippen LogP contribution in [0.15, 0.2) is 29.4 Å². The number of nitrogens with one attached hydrogen (secondary N) is 1. The highest BCUT2D eigenvalue weighted by Gasteiger charge is 2.17. The van der Waals surface area contributed by atoms with Gasteiger partial charge in [-0.25, -0.2) is 0 Å². The summed E-state index contributed by atoms with van der Waals surface area (Å²) in [7, 11) is 1.64. The number of carbonyl (C=O) groups is 1. The molecule has 0 radical (unpaired) electrons. The van der Waals surface area contributed by atoms with Crippen molar-refractivity contribution in [1.29, 1.82) is 0 Å². The monoisotopic (exact) mass is 348 g/mol. The van der Waals surface area contributed by atoms with Crippen LogP contribution in [0.1, 0.15) is 33.2 Å². The summed E-state index contributed by atoms with van der Waals surface area (Å²) in [5, 5.41) is 12.2. The van der Waals surface area contributed by atoms with Crippen molar-refractivity contribution in [3.8, 4) is 17.1 Å². The fourth-order valence-electron chi connectivity index (χ4n) is 2.22. The van der Waals surface area contributed by atoms with Crippen LogP contribution in [0.2, 0.25) is 0 Å². The van der Waals surface area contributed by atoms with E-state index in [9.17, 15) is 4.79 Å². The molecule has 1 heterocycles. The van der Waals surface area contributed by atoms with Gasteiger partial charge in [0.15, 0.2) is 11.0 Å². The van der Waals surface area contributed by atoms with Gasteiger partial charge in [0.05, 0.1) is 12.9 Å². The van der Waals surface area contributed by atoms with E-state index in [1.165, 1.54) is 11.8 Å². The van der Waals surface area contributed by atoms with Gasteiger partial charge >= 0.3 is 0 Å². The average Bonchev–Trinajstić information content (AvgIpc) is 3.02. The van der Waals surface area contributed by atoms with Gasteiger partial charge in [0.1, 0.15) is 5.75 Å². The Kier molecular flexibility index (Phi) is 6.66. The molecule has 0 unspecified atom stereocenters. The maximum Gasteiger partial charge on any atom is 0.230 e. The number of hydrogen-bond acceptors (Lipinski definition) is 5. The zero-order valence-electron chi connectivity index (χ0n) is 14.6. The number of thioether (sulfide) groups is 1. The number of nitrogens with zero attached hydrogens (tertiary/aromatic N) is 3. The average molecular weight is 348 g/mol. The first-order valence-electron chi connectivity index (χ1n) is 8.05. The SMILES string of the molecule is CCCNC(=O)CSc1nnc(-c2ccc(OC)cc2)n1C(C)C. The van der Waals surface area contributed by atoms with Gasteiger partial charge in [-0.2, -0.15) is 0 Å². The highest BCUT2D eigenvalue weighted by atomic mass is 32.2. The van der Waals surface area contributed by atoms with Crippen molar-refractivity contribution >= 4 is 17.7 Å². The normalized spacial score (nSPS) is 10.9. The lowest BCUT2D eigenvalue weighted by atomic mass is 10.2. The Morgan fingerprint density at radius 2 is 2.00 bits per heavy atom. The van der Waals surface area contributed by atoms with E-state index in [1.54, 1.807) is 7.11 Å². The summed E-state index contributed by atoms with van der Waals surface area (Å²) < 4.78 is 7.25. The summed E-state index contributed by atoms with van der Waals surface area (Å²) >= 11 is 1.41. The minimum absolute atomic E-state index is 0.0196. The molecular formula is C17H24N4O2S. The molecule has 24 heavy (non-hydrogen) atoms. The van der Waals surface area contributed by atoms with Crippen LogP contribution in [0.25, 0.3) is 11.4 Å². The Bertz CT molecular complexity index is 668. The predicted molar refractivity (Wildman–Crippen MR) is 96.4 cm³/mol. The lowest BCUT2D eigenvalue weighted by Crippen LogP contribution is -2.25. The molecule has 0 saturated carbocycles. The summed E-state index contributed by atoms with van der Waals surface area (Å²) in [6.45, 7) is 6.90. The molecular weight excluding hydrogens is 324 g/mol. The van der Waals surface area contributed by atoms with Crippen LogP contribution in [0.3, 0.4) is 0 Å². The number of amides is 1. The Morgan fingerprint density at radius 3 is 2.58 bits per heavy atom. The minimum Gasteiger partial charge on any atom is -0.497 e. The van der Waals surface area contributed by atoms with E-state index >= 15 is 0 Å². The van der Waals surface area contributed by atoms with Crippen LogP contribution in [0.5, 0.6) is 5.75 Å². The second-order valence-electron chi connectivity index (χ2n) is 5.64. The number of ether oxygens (including phenoxy) is 1. The van der Waals surface area contributed by atoms with Crippen molar-refractivity contribution in [2.45, 2.75) is 38.4 Å². The summed E-state index contributed by atoms with van der Waals surface area (Å²) in [4.78, 5) is 11.8. The number of benzene rings is 1. The molecule has 0 aliphatic carbocycles. The molecule has 0 saturated heterocycles. The Labute approximate surface area is 147 Å². The predicted octanol–water partition coefficient (Wildman–Crippen LogP) is 3.15. The highest BCUT2D eigenvalue weighted by molar-refractivity contribution is 7.99. The van der Waals surface area contributed by atoms with Crippen LogP contribution < -0.4 is 10.1 Å². The van der Waals surface area contributed by atoms with Crippen LogP contribution >= 0.6 is 11.8 Å². The summed E-state index contributed by atoms with van der Waals surface area (Å²) in [5.74, 6) is 1.96. The molecule has 1 N–H and O–H groups in total. The third-order valence-corrected chi connectivity index (χ3v) is 4.38. The molecule has 1 aromatic heterocycles. The Balaban J connectivity index is 2.18. The quantitative estimate of drug-likeness (QED) is 0.742. The first-order chi connectivity index (χ1) is 11.6. The fourth-order valence-corrected chi connectivity index (χ4v) is 3.12. The van der Waals surface area contributed by atoms with E-state index in [1.807, 2.05) is 31.2 Å². The highest BCUT2D eigenvalue weighted by Crippen LogP contribution is 2.28. The molecule has 0 aliphatic rings. The second kappa shape index (κ2) is 8.73. The number of rotatable bonds is 8. The molecule has 6 nitrogen and oxygen atoms in total. The summed E-state index contributed by atoms with van der Waals surface area (Å²) in [6.07, 6.45) is 0.931. The largest absolute Gasteiger partial charge is 0.497 e. The standard InChI is InChI=1S/C17H24N4O2S/c1-5-10-18-15(22)11-24-17-20-19-16(21(17)12(2)3)13-6-8-14(23-4)9-7-13/h6-9,12H,5,10-11H2,1-4H3,(H,18,22). The second-order valence-corrected chi connectivity index (χ2v) is 6.58. The van der Waals surface area contributed by atoms with E-state index in [0.717, 1.165) is 28.7 Å². The van der Waals surface area contributed by atoms with Crippen LogP contribution in [-0.2, 0) is 4.79 Å². The van der Waals surface area contributed by atoms with Crippen molar-refractivity contribution in [3.63, 3.8) is 0 Å². The Morgan fingerprint density at radius 1 is 1.29 bits per heavy atom. The van der Waals surface area contributed by atoms with Gasteiger partial charge in [-0.3, -0.25) is 9.36 Å². The number of methoxy groups -OCH3 is 1. The van der Waals surface area contributed by atoms with E-state index < -0.39 is 0 Å². The van der Waals surface area contributed by atoms with E-state index in [2.05, 4.69) is 33.9 Å². The van der Waals surface area contributed by atoms with Crippen molar-refractivity contribution in [2.75, 3.05) is 19.4 Å². The number of hydrogen-bond donors (Lipinski definition) is 1. The van der Waals surface area contributed by atoms with E-state index in [0.29, 0.717) is 12.3 Å². The van der Waals surface area contributed by atoms with Crippen LogP contribution in [0, 0.1) is 0 Å². The molecule has 2 aromatic rings. The van der Waals surface area contributed by atoms with Gasteiger partial charge in [0, 0.05) is 18.2 Å². The summed E-state index contributed by atoms with van der Waals surface area (Å²) in [5.41, 5.74) is 0.972. The van der Waals surface area contributed by atoms with Gasteiger partial charge in [-0.05, 0) is 44.5 Å². The van der Waals surface area contributed by atoms with E-state index in [4.69, 9.17) is 4.74 Å². The first kappa shape index (κ1) is 18.3. The van der Waals surface area contributed by atoms with Crippen molar-refractivity contribution in [1.82, 2.24) is 20.1 Å². The molecule has 0 spiro atoms. The molecule has 0 fully saturated rings. The molecule has 0 aliphatic heterocycles. The molecule has 1 aromatic carbocycles. The number of aromatic nitrogens is 3. The lowest BCUT2D eigenvalue weighted by molar-refractivity contribution is -0.118. The van der Waals surface area contributed by atoms with E-state index in [-0.39, 0.29) is 11.9 Å². The smallest absolute Gasteiger partial charge is 0.230 e. The van der Waals surface area contributed by atoms with Gasteiger partial charge in [-0.1, -0.05) is 18.7 Å². The zero-order chi connectivity index (χ0) is 17.5. The molecule has 1 amide bonds. The van der Waals surface area contributed by atoms with Crippen LogP contribution in [0.4, 0.5) is 0 Å². The van der Waals surface area contributed by atoms with Crippen molar-refractivity contribution in [2.24, 2.45) is 0 Å².